The Hall–Kier alpha value is 0.0400. The van der Waals surface area contributed by atoms with Crippen LogP contribution in [0, 0.1) is 0 Å². The molecule has 1 heterocycles. The first-order valence-electron chi connectivity index (χ1n) is 3.45. The van der Waals surface area contributed by atoms with Gasteiger partial charge in [-0.1, -0.05) is 0 Å². The number of rotatable bonds is 1. The first-order chi connectivity index (χ1) is 5.25. The van der Waals surface area contributed by atoms with Crippen LogP contribution in [0.3, 0.4) is 0 Å². The van der Waals surface area contributed by atoms with Crippen molar-refractivity contribution in [1.29, 1.82) is 0 Å². The maximum Gasteiger partial charge on any atom is 0.197 e. The van der Waals surface area contributed by atoms with Gasteiger partial charge in [0.05, 0.1) is 0 Å². The highest BCUT2D eigenvalue weighted by Crippen LogP contribution is 2.39. The average Bonchev–Trinajstić information content (AvgIpc) is 2.64. The Bertz CT molecular complexity index is 264. The van der Waals surface area contributed by atoms with Gasteiger partial charge in [-0.2, -0.15) is 0 Å². The van der Waals surface area contributed by atoms with Gasteiger partial charge in [-0.3, -0.25) is 0 Å². The summed E-state index contributed by atoms with van der Waals surface area (Å²) in [6, 6.07) is 1.99. The molecule has 0 spiro atoms. The van der Waals surface area contributed by atoms with Crippen LogP contribution in [0.15, 0.2) is 15.4 Å². The van der Waals surface area contributed by atoms with E-state index in [4.69, 9.17) is 0 Å². The second kappa shape index (κ2) is 2.83. The fourth-order valence-corrected chi connectivity index (χ4v) is 2.03. The molecule has 0 bridgehead atoms. The monoisotopic (exact) mass is 276 g/mol. The second-order valence-corrected chi connectivity index (χ2v) is 4.18. The van der Waals surface area contributed by atoms with E-state index in [2.05, 4.69) is 41.8 Å². The Kier molecular flexibility index (Phi) is 1.97. The van der Waals surface area contributed by atoms with Crippen molar-refractivity contribution in [1.82, 2.24) is 9.97 Å². The molecule has 1 aromatic rings. The maximum absolute atomic E-state index is 4.27. The van der Waals surface area contributed by atoms with Gasteiger partial charge < -0.3 is 0 Å². The topological polar surface area (TPSA) is 25.8 Å². The highest BCUT2D eigenvalue weighted by atomic mass is 79.9. The van der Waals surface area contributed by atoms with E-state index in [0.29, 0.717) is 10.7 Å². The smallest absolute Gasteiger partial charge is 0.197 e. The molecular weight excluding hydrogens is 272 g/mol. The van der Waals surface area contributed by atoms with Crippen LogP contribution in [0.2, 0.25) is 0 Å². The zero-order valence-corrected chi connectivity index (χ0v) is 8.89. The molecule has 0 unspecified atom stereocenters. The summed E-state index contributed by atoms with van der Waals surface area (Å²) in [6.07, 6.45) is 2.55. The molecule has 0 radical (unpaired) electrons. The molecule has 1 saturated carbocycles. The quantitative estimate of drug-likeness (QED) is 0.583. The molecule has 0 N–H and O–H groups in total. The largest absolute Gasteiger partial charge is 0.227 e. The first kappa shape index (κ1) is 7.68. The lowest BCUT2D eigenvalue weighted by atomic mass is 10.3. The summed E-state index contributed by atoms with van der Waals surface area (Å²) >= 11 is 6.58. The Labute approximate surface area is 81.7 Å². The minimum Gasteiger partial charge on any atom is -0.227 e. The molecule has 58 valence electrons. The predicted octanol–water partition coefficient (Wildman–Crippen LogP) is 2.88. The van der Waals surface area contributed by atoms with Gasteiger partial charge >= 0.3 is 0 Å². The van der Waals surface area contributed by atoms with Gasteiger partial charge in [0.1, 0.15) is 4.60 Å². The number of nitrogens with zero attached hydrogens (tertiary/aromatic N) is 2. The van der Waals surface area contributed by atoms with Crippen LogP contribution in [0.4, 0.5) is 0 Å². The van der Waals surface area contributed by atoms with Crippen LogP contribution < -0.4 is 0 Å². The minimum atomic E-state index is 0.675. The summed E-state index contributed by atoms with van der Waals surface area (Å²) in [4.78, 5) is 8.34. The zero-order chi connectivity index (χ0) is 7.84. The molecule has 0 saturated heterocycles. The summed E-state index contributed by atoms with van der Waals surface area (Å²) in [5.41, 5.74) is 1.15. The number of hydrogen-bond donors (Lipinski definition) is 0. The summed E-state index contributed by atoms with van der Waals surface area (Å²) in [5, 5.41) is 0. The molecule has 0 aromatic carbocycles. The van der Waals surface area contributed by atoms with Gasteiger partial charge in [0.15, 0.2) is 4.73 Å². The molecule has 0 atom stereocenters. The van der Waals surface area contributed by atoms with Gasteiger partial charge in [0.2, 0.25) is 0 Å². The molecule has 4 heteroatoms. The van der Waals surface area contributed by atoms with Crippen molar-refractivity contribution >= 4 is 31.9 Å². The Morgan fingerprint density at radius 3 is 2.55 bits per heavy atom. The third kappa shape index (κ3) is 1.79. The van der Waals surface area contributed by atoms with Crippen molar-refractivity contribution in [3.63, 3.8) is 0 Å². The molecule has 2 rings (SSSR count). The Morgan fingerprint density at radius 1 is 1.27 bits per heavy atom. The Morgan fingerprint density at radius 2 is 2.00 bits per heavy atom. The third-order valence-electron chi connectivity index (χ3n) is 1.68. The summed E-state index contributed by atoms with van der Waals surface area (Å²) in [6.45, 7) is 0. The average molecular weight is 278 g/mol. The Balaban J connectivity index is 2.39. The van der Waals surface area contributed by atoms with Crippen molar-refractivity contribution in [2.45, 2.75) is 18.8 Å². The normalized spacial score (nSPS) is 16.9. The number of hydrogen-bond acceptors (Lipinski definition) is 2. The lowest BCUT2D eigenvalue weighted by Crippen LogP contribution is -1.90. The fourth-order valence-electron chi connectivity index (χ4n) is 0.994. The van der Waals surface area contributed by atoms with Gasteiger partial charge in [0, 0.05) is 11.6 Å². The lowest BCUT2D eigenvalue weighted by molar-refractivity contribution is 0.951. The van der Waals surface area contributed by atoms with Crippen molar-refractivity contribution in [3.05, 3.63) is 21.1 Å². The number of aromatic nitrogens is 2. The van der Waals surface area contributed by atoms with Crippen molar-refractivity contribution in [3.8, 4) is 0 Å². The fraction of sp³-hybridized carbons (Fsp3) is 0.429. The van der Waals surface area contributed by atoms with Crippen LogP contribution in [-0.4, -0.2) is 9.97 Å². The summed E-state index contributed by atoms with van der Waals surface area (Å²) < 4.78 is 1.54. The molecule has 2 nitrogen and oxygen atoms in total. The van der Waals surface area contributed by atoms with Gasteiger partial charge in [-0.25, -0.2) is 9.97 Å². The van der Waals surface area contributed by atoms with E-state index < -0.39 is 0 Å². The van der Waals surface area contributed by atoms with Crippen molar-refractivity contribution < 1.29 is 0 Å². The zero-order valence-electron chi connectivity index (χ0n) is 5.72. The van der Waals surface area contributed by atoms with Gasteiger partial charge in [-0.15, -0.1) is 0 Å². The van der Waals surface area contributed by atoms with Crippen molar-refractivity contribution in [2.24, 2.45) is 0 Å². The van der Waals surface area contributed by atoms with E-state index in [0.717, 1.165) is 10.3 Å². The summed E-state index contributed by atoms with van der Waals surface area (Å²) in [7, 11) is 0. The minimum absolute atomic E-state index is 0.675. The van der Waals surface area contributed by atoms with E-state index in [9.17, 15) is 0 Å². The van der Waals surface area contributed by atoms with E-state index in [1.54, 1.807) is 0 Å². The van der Waals surface area contributed by atoms with Crippen molar-refractivity contribution in [2.75, 3.05) is 0 Å². The highest BCUT2D eigenvalue weighted by Gasteiger charge is 2.25. The van der Waals surface area contributed by atoms with E-state index in [1.165, 1.54) is 12.8 Å². The lowest BCUT2D eigenvalue weighted by Gasteiger charge is -1.97. The number of halogens is 2. The van der Waals surface area contributed by atoms with E-state index in [-0.39, 0.29) is 0 Å². The van der Waals surface area contributed by atoms with E-state index >= 15 is 0 Å². The highest BCUT2D eigenvalue weighted by molar-refractivity contribution is 9.11. The molecule has 1 aliphatic rings. The standard InChI is InChI=1S/C7H6Br2N2/c8-6-3-5(4-1-2-4)10-7(9)11-6/h3-4H,1-2H2. The molecule has 0 aliphatic heterocycles. The van der Waals surface area contributed by atoms with Crippen LogP contribution in [0.25, 0.3) is 0 Å². The van der Waals surface area contributed by atoms with Crippen LogP contribution in [0.1, 0.15) is 24.5 Å². The maximum atomic E-state index is 4.27. The molecule has 1 aromatic heterocycles. The molecule has 0 amide bonds. The second-order valence-electron chi connectivity index (χ2n) is 2.66. The third-order valence-corrected chi connectivity index (χ3v) is 2.44. The van der Waals surface area contributed by atoms with Crippen LogP contribution in [-0.2, 0) is 0 Å². The van der Waals surface area contributed by atoms with Gasteiger partial charge in [-0.05, 0) is 50.8 Å². The SMILES string of the molecule is Brc1cc(C2CC2)nc(Br)n1. The predicted molar refractivity (Wildman–Crippen MR) is 49.4 cm³/mol. The van der Waals surface area contributed by atoms with Crippen LogP contribution >= 0.6 is 31.9 Å². The molecule has 1 fully saturated rings. The van der Waals surface area contributed by atoms with Crippen LogP contribution in [0.5, 0.6) is 0 Å². The molecular formula is C7H6Br2N2. The van der Waals surface area contributed by atoms with E-state index in [1.807, 2.05) is 6.07 Å². The first-order valence-corrected chi connectivity index (χ1v) is 5.04. The molecule has 11 heavy (non-hydrogen) atoms. The van der Waals surface area contributed by atoms with Gasteiger partial charge in [0.25, 0.3) is 0 Å². The summed E-state index contributed by atoms with van der Waals surface area (Å²) in [5.74, 6) is 0.686. The molecule has 1 aliphatic carbocycles.